The van der Waals surface area contributed by atoms with Crippen LogP contribution in [0.5, 0.6) is 5.75 Å². The van der Waals surface area contributed by atoms with Crippen LogP contribution >= 0.6 is 0 Å². The number of halogens is 3. The molecule has 0 N–H and O–H groups in total. The lowest BCUT2D eigenvalue weighted by Gasteiger charge is -2.09. The minimum atomic E-state index is -4.53. The van der Waals surface area contributed by atoms with E-state index in [0.29, 0.717) is 0 Å². The van der Waals surface area contributed by atoms with Crippen molar-refractivity contribution in [3.8, 4) is 11.8 Å². The van der Waals surface area contributed by atoms with Gasteiger partial charge in [0.15, 0.2) is 0 Å². The van der Waals surface area contributed by atoms with Crippen molar-refractivity contribution in [2.45, 2.75) is 6.18 Å². The van der Waals surface area contributed by atoms with Crippen LogP contribution in [-0.4, -0.2) is 7.11 Å². The minimum absolute atomic E-state index is 0.0799. The van der Waals surface area contributed by atoms with Crippen molar-refractivity contribution in [1.29, 1.82) is 5.26 Å². The Morgan fingerprint density at radius 3 is 2.43 bits per heavy atom. The van der Waals surface area contributed by atoms with E-state index in [-0.39, 0.29) is 5.75 Å². The molecule has 0 fully saturated rings. The number of hydrogen-bond donors (Lipinski definition) is 0. The van der Waals surface area contributed by atoms with Crippen LogP contribution in [0.15, 0.2) is 18.2 Å². The lowest BCUT2D eigenvalue weighted by atomic mass is 10.1. The Morgan fingerprint density at radius 2 is 2.00 bits per heavy atom. The minimum Gasteiger partial charge on any atom is -0.497 e. The van der Waals surface area contributed by atoms with Crippen molar-refractivity contribution in [3.05, 3.63) is 29.3 Å². The van der Waals surface area contributed by atoms with Gasteiger partial charge in [-0.1, -0.05) is 0 Å². The number of rotatable bonds is 1. The predicted molar refractivity (Wildman–Crippen MR) is 42.7 cm³/mol. The highest BCUT2D eigenvalue weighted by Crippen LogP contribution is 2.33. The first-order valence-corrected chi connectivity index (χ1v) is 3.64. The summed E-state index contributed by atoms with van der Waals surface area (Å²) in [5.74, 6) is 0.0799. The van der Waals surface area contributed by atoms with Gasteiger partial charge < -0.3 is 4.74 Å². The Bertz CT molecular complexity index is 379. The first-order valence-electron chi connectivity index (χ1n) is 3.64. The van der Waals surface area contributed by atoms with Gasteiger partial charge in [-0.25, -0.2) is 0 Å². The molecule has 0 atom stereocenters. The van der Waals surface area contributed by atoms with Gasteiger partial charge in [0.05, 0.1) is 24.3 Å². The van der Waals surface area contributed by atoms with Crippen LogP contribution in [0.25, 0.3) is 0 Å². The molecule has 0 heterocycles. The number of nitrogens with zero attached hydrogens (tertiary/aromatic N) is 1. The zero-order chi connectivity index (χ0) is 10.8. The molecule has 14 heavy (non-hydrogen) atoms. The maximum atomic E-state index is 12.3. The normalized spacial score (nSPS) is 10.8. The fourth-order valence-electron chi connectivity index (χ4n) is 0.982. The van der Waals surface area contributed by atoms with Crippen molar-refractivity contribution in [2.24, 2.45) is 0 Å². The topological polar surface area (TPSA) is 33.0 Å². The Kier molecular flexibility index (Phi) is 2.65. The summed E-state index contributed by atoms with van der Waals surface area (Å²) in [6.07, 6.45) is -4.53. The number of alkyl halides is 3. The Morgan fingerprint density at radius 1 is 1.36 bits per heavy atom. The maximum absolute atomic E-state index is 12.3. The second kappa shape index (κ2) is 3.58. The molecule has 0 unspecified atom stereocenters. The van der Waals surface area contributed by atoms with Gasteiger partial charge in [0, 0.05) is 0 Å². The highest BCUT2D eigenvalue weighted by Gasteiger charge is 2.33. The highest BCUT2D eigenvalue weighted by atomic mass is 19.4. The van der Waals surface area contributed by atoms with E-state index in [4.69, 9.17) is 5.26 Å². The average Bonchev–Trinajstić information content (AvgIpc) is 2.15. The highest BCUT2D eigenvalue weighted by molar-refractivity contribution is 5.44. The Hall–Kier alpha value is -1.70. The number of benzene rings is 1. The molecule has 5 heteroatoms. The summed E-state index contributed by atoms with van der Waals surface area (Å²) in [5, 5.41) is 8.45. The van der Waals surface area contributed by atoms with Gasteiger partial charge in [-0.2, -0.15) is 18.4 Å². The standard InChI is InChI=1S/C9H6F3NO/c1-14-7-3-2-6(5-13)8(4-7)9(10,11)12/h2-4H,1H3. The number of nitriles is 1. The second-order valence-electron chi connectivity index (χ2n) is 2.52. The van der Waals surface area contributed by atoms with E-state index in [1.165, 1.54) is 19.2 Å². The molecule has 0 saturated heterocycles. The van der Waals surface area contributed by atoms with E-state index >= 15 is 0 Å². The average molecular weight is 201 g/mol. The monoisotopic (exact) mass is 201 g/mol. The Balaban J connectivity index is 3.31. The zero-order valence-corrected chi connectivity index (χ0v) is 7.22. The fraction of sp³-hybridized carbons (Fsp3) is 0.222. The lowest BCUT2D eigenvalue weighted by molar-refractivity contribution is -0.137. The lowest BCUT2D eigenvalue weighted by Crippen LogP contribution is -2.07. The van der Waals surface area contributed by atoms with Crippen LogP contribution < -0.4 is 4.74 Å². The van der Waals surface area contributed by atoms with Crippen molar-refractivity contribution >= 4 is 0 Å². The molecule has 0 aliphatic rings. The van der Waals surface area contributed by atoms with Crippen molar-refractivity contribution in [3.63, 3.8) is 0 Å². The van der Waals surface area contributed by atoms with E-state index in [1.54, 1.807) is 0 Å². The van der Waals surface area contributed by atoms with Crippen LogP contribution in [0.2, 0.25) is 0 Å². The fourth-order valence-corrected chi connectivity index (χ4v) is 0.982. The van der Waals surface area contributed by atoms with Crippen LogP contribution in [0.1, 0.15) is 11.1 Å². The van der Waals surface area contributed by atoms with E-state index < -0.39 is 17.3 Å². The van der Waals surface area contributed by atoms with Gasteiger partial charge in [0.1, 0.15) is 5.75 Å². The van der Waals surface area contributed by atoms with E-state index in [1.807, 2.05) is 0 Å². The predicted octanol–water partition coefficient (Wildman–Crippen LogP) is 2.59. The Labute approximate surface area is 78.5 Å². The van der Waals surface area contributed by atoms with Gasteiger partial charge in [-0.05, 0) is 18.2 Å². The van der Waals surface area contributed by atoms with E-state index in [0.717, 1.165) is 12.1 Å². The molecule has 0 spiro atoms. The SMILES string of the molecule is COc1ccc(C#N)c(C(F)(F)F)c1. The van der Waals surface area contributed by atoms with Gasteiger partial charge in [0.25, 0.3) is 0 Å². The van der Waals surface area contributed by atoms with Crippen molar-refractivity contribution in [2.75, 3.05) is 7.11 Å². The first kappa shape index (κ1) is 10.4. The molecule has 0 aromatic heterocycles. The molecular formula is C9H6F3NO. The smallest absolute Gasteiger partial charge is 0.417 e. The third-order valence-corrected chi connectivity index (χ3v) is 1.65. The third-order valence-electron chi connectivity index (χ3n) is 1.65. The molecule has 2 nitrogen and oxygen atoms in total. The van der Waals surface area contributed by atoms with Crippen LogP contribution in [0.3, 0.4) is 0 Å². The molecule has 0 saturated carbocycles. The molecule has 0 radical (unpaired) electrons. The van der Waals surface area contributed by atoms with Gasteiger partial charge in [-0.3, -0.25) is 0 Å². The van der Waals surface area contributed by atoms with Gasteiger partial charge >= 0.3 is 6.18 Å². The van der Waals surface area contributed by atoms with Crippen LogP contribution in [0, 0.1) is 11.3 Å². The summed E-state index contributed by atoms with van der Waals surface area (Å²) in [6.45, 7) is 0. The molecule has 74 valence electrons. The largest absolute Gasteiger partial charge is 0.497 e. The summed E-state index contributed by atoms with van der Waals surface area (Å²) in [4.78, 5) is 0. The van der Waals surface area contributed by atoms with E-state index in [9.17, 15) is 13.2 Å². The molecular weight excluding hydrogens is 195 g/mol. The summed E-state index contributed by atoms with van der Waals surface area (Å²) in [5.41, 5.74) is -1.38. The molecule has 0 bridgehead atoms. The van der Waals surface area contributed by atoms with Crippen molar-refractivity contribution in [1.82, 2.24) is 0 Å². The maximum Gasteiger partial charge on any atom is 0.417 e. The van der Waals surface area contributed by atoms with Crippen LogP contribution in [0.4, 0.5) is 13.2 Å². The summed E-state index contributed by atoms with van der Waals surface area (Å²) in [7, 11) is 1.27. The van der Waals surface area contributed by atoms with Crippen molar-refractivity contribution < 1.29 is 17.9 Å². The first-order chi connectivity index (χ1) is 6.49. The number of ether oxygens (including phenoxy) is 1. The van der Waals surface area contributed by atoms with Gasteiger partial charge in [0.2, 0.25) is 0 Å². The second-order valence-corrected chi connectivity index (χ2v) is 2.52. The third kappa shape index (κ3) is 1.96. The zero-order valence-electron chi connectivity index (χ0n) is 7.22. The summed E-state index contributed by atoms with van der Waals surface area (Å²) < 4.78 is 41.7. The number of methoxy groups -OCH3 is 1. The van der Waals surface area contributed by atoms with Crippen LogP contribution in [-0.2, 0) is 6.18 Å². The molecule has 0 aliphatic heterocycles. The summed E-state index contributed by atoms with van der Waals surface area (Å²) >= 11 is 0. The summed E-state index contributed by atoms with van der Waals surface area (Å²) in [6, 6.07) is 4.68. The molecule has 0 aliphatic carbocycles. The molecule has 0 amide bonds. The van der Waals surface area contributed by atoms with E-state index in [2.05, 4.69) is 4.74 Å². The number of hydrogen-bond acceptors (Lipinski definition) is 2. The van der Waals surface area contributed by atoms with Gasteiger partial charge in [-0.15, -0.1) is 0 Å². The quantitative estimate of drug-likeness (QED) is 0.699. The molecule has 1 rings (SSSR count). The molecule has 1 aromatic rings. The molecule has 1 aromatic carbocycles.